The van der Waals surface area contributed by atoms with Crippen LogP contribution in [0.25, 0.3) is 6.08 Å². The monoisotopic (exact) mass is 215 g/mol. The lowest BCUT2D eigenvalue weighted by Gasteiger charge is -2.11. The number of fused-ring (bicyclic) bond motifs is 1. The van der Waals surface area contributed by atoms with Crippen LogP contribution < -0.4 is 10.5 Å². The Kier molecular flexibility index (Phi) is 3.78. The van der Waals surface area contributed by atoms with Crippen LogP contribution in [0.15, 0.2) is 36.4 Å². The molecule has 2 heteroatoms. The number of allylic oxidation sites excluding steroid dienone is 3. The summed E-state index contributed by atoms with van der Waals surface area (Å²) in [6.07, 6.45) is 10.3. The Balaban J connectivity index is 2.19. The molecule has 0 saturated carbocycles. The molecule has 0 bridgehead atoms. The van der Waals surface area contributed by atoms with E-state index >= 15 is 0 Å². The quantitative estimate of drug-likeness (QED) is 0.783. The maximum absolute atomic E-state index is 5.74. The Bertz CT molecular complexity index is 407. The van der Waals surface area contributed by atoms with Gasteiger partial charge in [0, 0.05) is 5.56 Å². The second-order valence-corrected chi connectivity index (χ2v) is 3.81. The van der Waals surface area contributed by atoms with E-state index < -0.39 is 0 Å². The van der Waals surface area contributed by atoms with Gasteiger partial charge in [0.2, 0.25) is 0 Å². The molecule has 1 aliphatic rings. The van der Waals surface area contributed by atoms with E-state index in [1.165, 1.54) is 11.1 Å². The first-order chi connectivity index (χ1) is 7.92. The lowest BCUT2D eigenvalue weighted by molar-refractivity contribution is 0.312. The summed E-state index contributed by atoms with van der Waals surface area (Å²) in [5, 5.41) is 0. The molecular formula is C14H17NO. The molecule has 0 saturated heterocycles. The minimum atomic E-state index is 0.673. The summed E-state index contributed by atoms with van der Waals surface area (Å²) in [4.78, 5) is 0. The van der Waals surface area contributed by atoms with Gasteiger partial charge in [0.05, 0.1) is 6.61 Å². The number of nitrogens with two attached hydrogens (primary N) is 1. The molecule has 0 aromatic heterocycles. The SMILES string of the molecule is NCCCOc1cccc2c1C=CC=CC2. The maximum Gasteiger partial charge on any atom is 0.126 e. The highest BCUT2D eigenvalue weighted by Crippen LogP contribution is 2.26. The van der Waals surface area contributed by atoms with Crippen LogP contribution in [-0.2, 0) is 6.42 Å². The van der Waals surface area contributed by atoms with Gasteiger partial charge < -0.3 is 10.5 Å². The van der Waals surface area contributed by atoms with Gasteiger partial charge in [-0.2, -0.15) is 0 Å². The molecule has 0 heterocycles. The molecule has 0 unspecified atom stereocenters. The molecule has 0 radical (unpaired) electrons. The zero-order chi connectivity index (χ0) is 11.2. The molecule has 0 spiro atoms. The maximum atomic E-state index is 5.74. The fourth-order valence-corrected chi connectivity index (χ4v) is 1.77. The van der Waals surface area contributed by atoms with Crippen LogP contribution in [-0.4, -0.2) is 13.2 Å². The molecule has 2 N–H and O–H groups in total. The summed E-state index contributed by atoms with van der Waals surface area (Å²) in [5.74, 6) is 0.964. The van der Waals surface area contributed by atoms with E-state index in [2.05, 4.69) is 30.4 Å². The first-order valence-corrected chi connectivity index (χ1v) is 5.70. The molecular weight excluding hydrogens is 198 g/mol. The highest BCUT2D eigenvalue weighted by Gasteiger charge is 2.06. The lowest BCUT2D eigenvalue weighted by Crippen LogP contribution is -2.07. The average molecular weight is 215 g/mol. The Morgan fingerprint density at radius 3 is 3.06 bits per heavy atom. The number of hydrogen-bond donors (Lipinski definition) is 1. The lowest BCUT2D eigenvalue weighted by atomic mass is 10.0. The summed E-state index contributed by atoms with van der Waals surface area (Å²) < 4.78 is 5.74. The van der Waals surface area contributed by atoms with Crippen LogP contribution in [0, 0.1) is 0 Å². The Morgan fingerprint density at radius 2 is 2.19 bits per heavy atom. The van der Waals surface area contributed by atoms with Crippen molar-refractivity contribution in [3.05, 3.63) is 47.6 Å². The predicted octanol–water partition coefficient (Wildman–Crippen LogP) is 2.54. The van der Waals surface area contributed by atoms with Gasteiger partial charge in [0.1, 0.15) is 5.75 Å². The van der Waals surface area contributed by atoms with E-state index in [0.29, 0.717) is 13.2 Å². The summed E-state index contributed by atoms with van der Waals surface area (Å²) in [6.45, 7) is 1.36. The van der Waals surface area contributed by atoms with E-state index in [4.69, 9.17) is 10.5 Å². The molecule has 1 aliphatic carbocycles. The molecule has 84 valence electrons. The predicted molar refractivity (Wildman–Crippen MR) is 67.5 cm³/mol. The van der Waals surface area contributed by atoms with Crippen molar-refractivity contribution < 1.29 is 4.74 Å². The Morgan fingerprint density at radius 1 is 1.25 bits per heavy atom. The van der Waals surface area contributed by atoms with Crippen molar-refractivity contribution in [1.82, 2.24) is 0 Å². The van der Waals surface area contributed by atoms with Gasteiger partial charge in [-0.05, 0) is 31.0 Å². The van der Waals surface area contributed by atoms with E-state index in [-0.39, 0.29) is 0 Å². The topological polar surface area (TPSA) is 35.2 Å². The van der Waals surface area contributed by atoms with E-state index in [1.807, 2.05) is 12.1 Å². The van der Waals surface area contributed by atoms with Crippen molar-refractivity contribution in [2.45, 2.75) is 12.8 Å². The summed E-state index contributed by atoms with van der Waals surface area (Å²) in [6, 6.07) is 6.21. The third-order valence-electron chi connectivity index (χ3n) is 2.61. The van der Waals surface area contributed by atoms with E-state index in [9.17, 15) is 0 Å². The van der Waals surface area contributed by atoms with Crippen molar-refractivity contribution >= 4 is 6.08 Å². The highest BCUT2D eigenvalue weighted by atomic mass is 16.5. The molecule has 0 amide bonds. The molecule has 0 atom stereocenters. The van der Waals surface area contributed by atoms with Crippen LogP contribution in [0.1, 0.15) is 17.5 Å². The van der Waals surface area contributed by atoms with Gasteiger partial charge in [-0.25, -0.2) is 0 Å². The molecule has 2 nitrogen and oxygen atoms in total. The van der Waals surface area contributed by atoms with Crippen molar-refractivity contribution in [1.29, 1.82) is 0 Å². The number of rotatable bonds is 4. The van der Waals surface area contributed by atoms with Crippen molar-refractivity contribution in [2.75, 3.05) is 13.2 Å². The Hall–Kier alpha value is -1.54. The zero-order valence-corrected chi connectivity index (χ0v) is 9.36. The molecule has 2 rings (SSSR count). The van der Waals surface area contributed by atoms with E-state index in [1.54, 1.807) is 0 Å². The Labute approximate surface area is 96.4 Å². The smallest absolute Gasteiger partial charge is 0.126 e. The van der Waals surface area contributed by atoms with E-state index in [0.717, 1.165) is 18.6 Å². The van der Waals surface area contributed by atoms with Crippen LogP contribution in [0.2, 0.25) is 0 Å². The average Bonchev–Trinajstić information content (AvgIpc) is 2.55. The summed E-state index contributed by atoms with van der Waals surface area (Å²) >= 11 is 0. The molecule has 16 heavy (non-hydrogen) atoms. The normalized spacial score (nSPS) is 13.3. The molecule has 0 fully saturated rings. The zero-order valence-electron chi connectivity index (χ0n) is 9.36. The number of ether oxygens (including phenoxy) is 1. The third-order valence-corrected chi connectivity index (χ3v) is 2.61. The van der Waals surface area contributed by atoms with Crippen molar-refractivity contribution in [2.24, 2.45) is 5.73 Å². The van der Waals surface area contributed by atoms with Gasteiger partial charge >= 0.3 is 0 Å². The first-order valence-electron chi connectivity index (χ1n) is 5.70. The minimum absolute atomic E-state index is 0.673. The van der Waals surface area contributed by atoms with Gasteiger partial charge in [0.15, 0.2) is 0 Å². The van der Waals surface area contributed by atoms with Crippen molar-refractivity contribution in [3.8, 4) is 5.75 Å². The van der Waals surface area contributed by atoms with Gasteiger partial charge in [0.25, 0.3) is 0 Å². The fourth-order valence-electron chi connectivity index (χ4n) is 1.77. The third kappa shape index (κ3) is 2.52. The second-order valence-electron chi connectivity index (χ2n) is 3.81. The minimum Gasteiger partial charge on any atom is -0.493 e. The van der Waals surface area contributed by atoms with Crippen LogP contribution >= 0.6 is 0 Å². The van der Waals surface area contributed by atoms with Crippen LogP contribution in [0.4, 0.5) is 0 Å². The van der Waals surface area contributed by atoms with Gasteiger partial charge in [-0.3, -0.25) is 0 Å². The summed E-state index contributed by atoms with van der Waals surface area (Å²) in [5.41, 5.74) is 7.97. The largest absolute Gasteiger partial charge is 0.493 e. The first kappa shape index (κ1) is 11.0. The summed E-state index contributed by atoms with van der Waals surface area (Å²) in [7, 11) is 0. The van der Waals surface area contributed by atoms with Gasteiger partial charge in [-0.1, -0.05) is 36.4 Å². The fraction of sp³-hybridized carbons (Fsp3) is 0.286. The number of benzene rings is 1. The second kappa shape index (κ2) is 5.52. The van der Waals surface area contributed by atoms with Crippen molar-refractivity contribution in [3.63, 3.8) is 0 Å². The number of hydrogen-bond acceptors (Lipinski definition) is 2. The molecule has 1 aromatic rings. The van der Waals surface area contributed by atoms with Gasteiger partial charge in [-0.15, -0.1) is 0 Å². The van der Waals surface area contributed by atoms with Crippen LogP contribution in [0.5, 0.6) is 5.75 Å². The molecule has 1 aromatic carbocycles. The standard InChI is InChI=1S/C14H17NO/c15-10-5-11-16-14-9-4-7-12-6-2-1-3-8-13(12)14/h1-4,7-9H,5-6,10-11,15H2. The highest BCUT2D eigenvalue weighted by molar-refractivity contribution is 5.63. The van der Waals surface area contributed by atoms with Crippen LogP contribution in [0.3, 0.4) is 0 Å². The molecule has 0 aliphatic heterocycles.